The second-order valence-electron chi connectivity index (χ2n) is 5.31. The summed E-state index contributed by atoms with van der Waals surface area (Å²) < 4.78 is 0. The molecule has 0 amide bonds. The van der Waals surface area contributed by atoms with E-state index in [1.807, 2.05) is 19.1 Å². The highest BCUT2D eigenvalue weighted by molar-refractivity contribution is 5.76. The first-order valence-electron chi connectivity index (χ1n) is 6.55. The highest BCUT2D eigenvalue weighted by atomic mass is 16.4. The summed E-state index contributed by atoms with van der Waals surface area (Å²) in [7, 11) is 0. The number of hydrogen-bond acceptors (Lipinski definition) is 3. The van der Waals surface area contributed by atoms with Crippen LogP contribution in [0, 0.1) is 23.7 Å². The molecule has 1 aliphatic rings. The molecule has 1 aromatic carbocycles. The number of carboxylic acids is 1. The number of nitrogens with zero attached hydrogens (tertiary/aromatic N) is 1. The molecule has 2 N–H and O–H groups in total. The molecule has 2 rings (SSSR count). The van der Waals surface area contributed by atoms with E-state index in [2.05, 4.69) is 11.4 Å². The number of aryl methyl sites for hydroxylation is 1. The summed E-state index contributed by atoms with van der Waals surface area (Å²) in [4.78, 5) is 11.5. The van der Waals surface area contributed by atoms with Crippen LogP contribution in [0.4, 0.5) is 5.69 Å². The van der Waals surface area contributed by atoms with Crippen LogP contribution in [0.25, 0.3) is 0 Å². The Morgan fingerprint density at radius 3 is 2.74 bits per heavy atom. The van der Waals surface area contributed by atoms with E-state index in [0.29, 0.717) is 24.9 Å². The van der Waals surface area contributed by atoms with E-state index >= 15 is 0 Å². The normalized spacial score (nSPS) is 16.8. The van der Waals surface area contributed by atoms with Crippen molar-refractivity contribution in [1.29, 1.82) is 5.26 Å². The highest BCUT2D eigenvalue weighted by Gasteiger charge is 2.41. The third kappa shape index (κ3) is 2.70. The number of rotatable bonds is 4. The second-order valence-corrected chi connectivity index (χ2v) is 5.31. The topological polar surface area (TPSA) is 73.1 Å². The zero-order valence-electron chi connectivity index (χ0n) is 11.1. The summed E-state index contributed by atoms with van der Waals surface area (Å²) in [5.74, 6) is -0.733. The van der Waals surface area contributed by atoms with Crippen LogP contribution < -0.4 is 5.32 Å². The van der Waals surface area contributed by atoms with Gasteiger partial charge in [0.15, 0.2) is 0 Å². The van der Waals surface area contributed by atoms with Crippen molar-refractivity contribution in [2.24, 2.45) is 5.41 Å². The van der Waals surface area contributed by atoms with Gasteiger partial charge >= 0.3 is 5.97 Å². The lowest BCUT2D eigenvalue weighted by Crippen LogP contribution is -2.35. The van der Waals surface area contributed by atoms with Crippen molar-refractivity contribution in [1.82, 2.24) is 0 Å². The SMILES string of the molecule is Cc1ccc(C#N)c(NCC2(C(=O)O)CCCC2)c1. The van der Waals surface area contributed by atoms with Crippen LogP contribution in [0.2, 0.25) is 0 Å². The van der Waals surface area contributed by atoms with Crippen molar-refractivity contribution in [3.8, 4) is 6.07 Å². The Morgan fingerprint density at radius 2 is 2.16 bits per heavy atom. The first-order valence-corrected chi connectivity index (χ1v) is 6.55. The van der Waals surface area contributed by atoms with Crippen LogP contribution in [0.3, 0.4) is 0 Å². The fourth-order valence-corrected chi connectivity index (χ4v) is 2.68. The smallest absolute Gasteiger partial charge is 0.311 e. The minimum absolute atomic E-state index is 0.389. The molecule has 1 aromatic rings. The maximum absolute atomic E-state index is 11.5. The average Bonchev–Trinajstić information content (AvgIpc) is 2.86. The van der Waals surface area contributed by atoms with Gasteiger partial charge in [0.1, 0.15) is 6.07 Å². The Morgan fingerprint density at radius 1 is 1.47 bits per heavy atom. The minimum atomic E-state index is -0.733. The molecular weight excluding hydrogens is 240 g/mol. The summed E-state index contributed by atoms with van der Waals surface area (Å²) in [6, 6.07) is 7.67. The zero-order chi connectivity index (χ0) is 13.9. The van der Waals surface area contributed by atoms with E-state index in [9.17, 15) is 9.90 Å². The molecule has 19 heavy (non-hydrogen) atoms. The molecule has 0 bridgehead atoms. The Hall–Kier alpha value is -2.02. The maximum atomic E-state index is 11.5. The molecule has 0 spiro atoms. The Labute approximate surface area is 113 Å². The lowest BCUT2D eigenvalue weighted by molar-refractivity contribution is -0.147. The van der Waals surface area contributed by atoms with Crippen molar-refractivity contribution in [2.75, 3.05) is 11.9 Å². The largest absolute Gasteiger partial charge is 0.481 e. The van der Waals surface area contributed by atoms with E-state index in [0.717, 1.165) is 24.1 Å². The quantitative estimate of drug-likeness (QED) is 0.870. The third-order valence-electron chi connectivity index (χ3n) is 3.93. The predicted octanol–water partition coefficient (Wildman–Crippen LogP) is 2.92. The molecule has 0 saturated heterocycles. The van der Waals surface area contributed by atoms with Crippen LogP contribution in [-0.2, 0) is 4.79 Å². The van der Waals surface area contributed by atoms with Gasteiger partial charge in [-0.2, -0.15) is 5.26 Å². The summed E-state index contributed by atoms with van der Waals surface area (Å²) in [6.07, 6.45) is 3.35. The van der Waals surface area contributed by atoms with Gasteiger partial charge in [0.2, 0.25) is 0 Å². The Balaban J connectivity index is 2.16. The van der Waals surface area contributed by atoms with Gasteiger partial charge in [0.05, 0.1) is 16.7 Å². The maximum Gasteiger partial charge on any atom is 0.311 e. The van der Waals surface area contributed by atoms with Crippen LogP contribution in [0.1, 0.15) is 36.8 Å². The number of carbonyl (C=O) groups is 1. The minimum Gasteiger partial charge on any atom is -0.481 e. The Bertz CT molecular complexity index is 525. The number of hydrogen-bond donors (Lipinski definition) is 2. The van der Waals surface area contributed by atoms with Gasteiger partial charge in [-0.15, -0.1) is 0 Å². The fourth-order valence-electron chi connectivity index (χ4n) is 2.68. The molecule has 100 valence electrons. The molecule has 1 fully saturated rings. The van der Waals surface area contributed by atoms with Crippen LogP contribution in [-0.4, -0.2) is 17.6 Å². The van der Waals surface area contributed by atoms with Gasteiger partial charge in [-0.25, -0.2) is 0 Å². The van der Waals surface area contributed by atoms with Crippen molar-refractivity contribution in [3.05, 3.63) is 29.3 Å². The number of carboxylic acid groups (broad SMARTS) is 1. The molecule has 0 aromatic heterocycles. The van der Waals surface area contributed by atoms with E-state index in [-0.39, 0.29) is 0 Å². The van der Waals surface area contributed by atoms with E-state index in [1.165, 1.54) is 0 Å². The van der Waals surface area contributed by atoms with Crippen LogP contribution >= 0.6 is 0 Å². The molecule has 4 heteroatoms. The summed E-state index contributed by atoms with van der Waals surface area (Å²) in [5.41, 5.74) is 1.67. The number of aliphatic carboxylic acids is 1. The molecule has 0 aliphatic heterocycles. The van der Waals surface area contributed by atoms with Gasteiger partial charge in [0, 0.05) is 6.54 Å². The lowest BCUT2D eigenvalue weighted by atomic mass is 9.86. The highest BCUT2D eigenvalue weighted by Crippen LogP contribution is 2.38. The second kappa shape index (κ2) is 5.31. The third-order valence-corrected chi connectivity index (χ3v) is 3.93. The molecule has 0 unspecified atom stereocenters. The average molecular weight is 258 g/mol. The lowest BCUT2D eigenvalue weighted by Gasteiger charge is -2.25. The van der Waals surface area contributed by atoms with Gasteiger partial charge in [-0.05, 0) is 37.5 Å². The molecule has 1 aliphatic carbocycles. The molecular formula is C15H18N2O2. The number of benzene rings is 1. The van der Waals surface area contributed by atoms with Crippen LogP contribution in [0.5, 0.6) is 0 Å². The molecule has 0 radical (unpaired) electrons. The van der Waals surface area contributed by atoms with Crippen molar-refractivity contribution < 1.29 is 9.90 Å². The van der Waals surface area contributed by atoms with Crippen molar-refractivity contribution in [2.45, 2.75) is 32.6 Å². The molecule has 0 heterocycles. The monoisotopic (exact) mass is 258 g/mol. The van der Waals surface area contributed by atoms with Crippen molar-refractivity contribution >= 4 is 11.7 Å². The first kappa shape index (κ1) is 13.4. The standard InChI is InChI=1S/C15H18N2O2/c1-11-4-5-12(9-16)13(8-11)17-10-15(14(18)19)6-2-3-7-15/h4-5,8,17H,2-3,6-7,10H2,1H3,(H,18,19). The van der Waals surface area contributed by atoms with Crippen LogP contribution in [0.15, 0.2) is 18.2 Å². The van der Waals surface area contributed by atoms with Gasteiger partial charge in [0.25, 0.3) is 0 Å². The summed E-state index contributed by atoms with van der Waals surface area (Å²) >= 11 is 0. The van der Waals surface area contributed by atoms with Crippen molar-refractivity contribution in [3.63, 3.8) is 0 Å². The fraction of sp³-hybridized carbons (Fsp3) is 0.467. The van der Waals surface area contributed by atoms with Gasteiger partial charge < -0.3 is 10.4 Å². The van der Waals surface area contributed by atoms with Gasteiger partial charge in [-0.3, -0.25) is 4.79 Å². The van der Waals surface area contributed by atoms with E-state index in [1.54, 1.807) is 6.07 Å². The number of nitrogens with one attached hydrogen (secondary N) is 1. The molecule has 0 atom stereocenters. The predicted molar refractivity (Wildman–Crippen MR) is 72.9 cm³/mol. The number of anilines is 1. The summed E-state index contributed by atoms with van der Waals surface area (Å²) in [5, 5.41) is 21.7. The summed E-state index contributed by atoms with van der Waals surface area (Å²) in [6.45, 7) is 2.34. The van der Waals surface area contributed by atoms with Gasteiger partial charge in [-0.1, -0.05) is 18.9 Å². The zero-order valence-corrected chi connectivity index (χ0v) is 11.1. The Kier molecular flexibility index (Phi) is 3.75. The van der Waals surface area contributed by atoms with E-state index in [4.69, 9.17) is 5.26 Å². The van der Waals surface area contributed by atoms with E-state index < -0.39 is 11.4 Å². The number of nitriles is 1. The molecule has 4 nitrogen and oxygen atoms in total. The molecule has 1 saturated carbocycles. The first-order chi connectivity index (χ1) is 9.07.